The summed E-state index contributed by atoms with van der Waals surface area (Å²) in [5.74, 6) is 0. The van der Waals surface area contributed by atoms with Gasteiger partial charge in [0, 0.05) is 41.3 Å². The van der Waals surface area contributed by atoms with Gasteiger partial charge in [0.05, 0.1) is 5.69 Å². The summed E-state index contributed by atoms with van der Waals surface area (Å²) in [5.41, 5.74) is 4.74. The quantitative estimate of drug-likeness (QED) is 0.530. The van der Waals surface area contributed by atoms with E-state index >= 15 is 0 Å². The first-order valence-electron chi connectivity index (χ1n) is 10.6. The minimum Gasteiger partial charge on any atom is -0.361 e. The number of benzene rings is 1. The van der Waals surface area contributed by atoms with Crippen molar-refractivity contribution in [1.29, 1.82) is 0 Å². The van der Waals surface area contributed by atoms with Crippen LogP contribution in [0.2, 0.25) is 0 Å². The molecule has 152 valence electrons. The molecule has 4 heterocycles. The van der Waals surface area contributed by atoms with Crippen LogP contribution in [0, 0.1) is 0 Å². The van der Waals surface area contributed by atoms with Crippen LogP contribution in [0.4, 0.5) is 0 Å². The fourth-order valence-corrected chi connectivity index (χ4v) is 4.44. The van der Waals surface area contributed by atoms with Crippen molar-refractivity contribution >= 4 is 10.9 Å². The smallest absolute Gasteiger partial charge is 0.267 e. The van der Waals surface area contributed by atoms with Gasteiger partial charge in [-0.2, -0.15) is 5.10 Å². The second kappa shape index (κ2) is 8.24. The lowest BCUT2D eigenvalue weighted by molar-refractivity contribution is 0.162. The van der Waals surface area contributed by atoms with Gasteiger partial charge >= 0.3 is 0 Å². The standard InChI is InChI=1S/C24H25N5O/c30-24-20(15-22(27-28-24)18-6-9-25-10-7-18)16-23(29-12-2-1-3-13-29)19-5-4-17-8-11-26-21(17)14-19/h4-11,14-15,23,26H,1-3,12-13,16H2,(H,28,30). The van der Waals surface area contributed by atoms with Crippen LogP contribution in [0.25, 0.3) is 22.2 Å². The molecule has 3 aromatic heterocycles. The molecule has 1 aliphatic heterocycles. The fraction of sp³-hybridized carbons (Fsp3) is 0.292. The van der Waals surface area contributed by atoms with Crippen LogP contribution >= 0.6 is 0 Å². The molecule has 1 aromatic carbocycles. The number of hydrogen-bond acceptors (Lipinski definition) is 4. The van der Waals surface area contributed by atoms with Crippen molar-refractivity contribution in [3.63, 3.8) is 0 Å². The molecule has 5 rings (SSSR count). The Bertz CT molecular complexity index is 1190. The first-order chi connectivity index (χ1) is 14.8. The molecule has 6 heteroatoms. The summed E-state index contributed by atoms with van der Waals surface area (Å²) in [6.07, 6.45) is 9.79. The highest BCUT2D eigenvalue weighted by Crippen LogP contribution is 2.30. The highest BCUT2D eigenvalue weighted by atomic mass is 16.1. The van der Waals surface area contributed by atoms with Crippen molar-refractivity contribution in [2.75, 3.05) is 13.1 Å². The van der Waals surface area contributed by atoms with Crippen LogP contribution in [0.5, 0.6) is 0 Å². The third-order valence-corrected chi connectivity index (χ3v) is 6.07. The molecule has 0 saturated carbocycles. The normalized spacial score (nSPS) is 16.0. The third-order valence-electron chi connectivity index (χ3n) is 6.07. The Morgan fingerprint density at radius 1 is 1.00 bits per heavy atom. The Morgan fingerprint density at radius 3 is 2.67 bits per heavy atom. The van der Waals surface area contributed by atoms with E-state index in [1.165, 1.54) is 30.2 Å². The second-order valence-electron chi connectivity index (χ2n) is 7.98. The van der Waals surface area contributed by atoms with Gasteiger partial charge < -0.3 is 4.98 Å². The first kappa shape index (κ1) is 18.8. The van der Waals surface area contributed by atoms with Gasteiger partial charge in [0.2, 0.25) is 0 Å². The minimum atomic E-state index is -0.115. The number of nitrogens with one attached hydrogen (secondary N) is 2. The Balaban J connectivity index is 1.52. The van der Waals surface area contributed by atoms with Crippen LogP contribution in [-0.2, 0) is 6.42 Å². The number of piperidine rings is 1. The molecule has 4 aromatic rings. The van der Waals surface area contributed by atoms with E-state index in [1.807, 2.05) is 24.4 Å². The summed E-state index contributed by atoms with van der Waals surface area (Å²) in [6, 6.07) is 14.6. The molecular weight excluding hydrogens is 374 g/mol. The Morgan fingerprint density at radius 2 is 1.83 bits per heavy atom. The SMILES string of the molecule is O=c1[nH]nc(-c2ccncc2)cc1CC(c1ccc2cc[nH]c2c1)N1CCCCC1. The van der Waals surface area contributed by atoms with Crippen LogP contribution in [0.15, 0.2) is 65.8 Å². The van der Waals surface area contributed by atoms with Crippen molar-refractivity contribution in [2.24, 2.45) is 0 Å². The van der Waals surface area contributed by atoms with Crippen LogP contribution in [0.1, 0.15) is 36.4 Å². The molecule has 1 unspecified atom stereocenters. The maximum absolute atomic E-state index is 12.7. The number of H-pyrrole nitrogens is 2. The monoisotopic (exact) mass is 399 g/mol. The van der Waals surface area contributed by atoms with E-state index in [2.05, 4.69) is 49.3 Å². The number of pyridine rings is 1. The highest BCUT2D eigenvalue weighted by molar-refractivity contribution is 5.80. The van der Waals surface area contributed by atoms with Gasteiger partial charge in [0.15, 0.2) is 0 Å². The highest BCUT2D eigenvalue weighted by Gasteiger charge is 2.24. The number of likely N-dealkylation sites (tertiary alicyclic amines) is 1. The zero-order valence-electron chi connectivity index (χ0n) is 16.8. The number of rotatable bonds is 5. The molecular formula is C24H25N5O. The predicted molar refractivity (Wildman–Crippen MR) is 118 cm³/mol. The van der Waals surface area contributed by atoms with E-state index in [0.29, 0.717) is 6.42 Å². The molecule has 0 bridgehead atoms. The van der Waals surface area contributed by atoms with Crippen molar-refractivity contribution < 1.29 is 0 Å². The van der Waals surface area contributed by atoms with Gasteiger partial charge in [0.25, 0.3) is 5.56 Å². The predicted octanol–water partition coefficient (Wildman–Crippen LogP) is 4.08. The molecule has 0 radical (unpaired) electrons. The summed E-state index contributed by atoms with van der Waals surface area (Å²) in [7, 11) is 0. The van der Waals surface area contributed by atoms with Crippen molar-refractivity contribution in [1.82, 2.24) is 25.1 Å². The Labute approximate surface area is 175 Å². The molecule has 0 aliphatic carbocycles. The molecule has 1 atom stereocenters. The molecule has 1 aliphatic rings. The molecule has 2 N–H and O–H groups in total. The largest absolute Gasteiger partial charge is 0.361 e. The maximum atomic E-state index is 12.7. The van der Waals surface area contributed by atoms with E-state index in [0.717, 1.165) is 35.4 Å². The molecule has 0 spiro atoms. The van der Waals surface area contributed by atoms with E-state index in [1.54, 1.807) is 12.4 Å². The van der Waals surface area contributed by atoms with Gasteiger partial charge in [0.1, 0.15) is 0 Å². The van der Waals surface area contributed by atoms with Gasteiger partial charge in [-0.1, -0.05) is 18.6 Å². The molecule has 1 saturated heterocycles. The van der Waals surface area contributed by atoms with E-state index in [9.17, 15) is 4.79 Å². The molecule has 0 amide bonds. The summed E-state index contributed by atoms with van der Waals surface area (Å²) in [5, 5.41) is 8.16. The number of hydrogen-bond donors (Lipinski definition) is 2. The molecule has 30 heavy (non-hydrogen) atoms. The van der Waals surface area contributed by atoms with E-state index in [4.69, 9.17) is 0 Å². The van der Waals surface area contributed by atoms with Crippen LogP contribution < -0.4 is 5.56 Å². The second-order valence-corrected chi connectivity index (χ2v) is 7.98. The van der Waals surface area contributed by atoms with E-state index < -0.39 is 0 Å². The lowest BCUT2D eigenvalue weighted by Gasteiger charge is -2.35. The Kier molecular flexibility index (Phi) is 5.15. The Hall–Kier alpha value is -3.25. The summed E-state index contributed by atoms with van der Waals surface area (Å²) >= 11 is 0. The first-order valence-corrected chi connectivity index (χ1v) is 10.6. The number of nitrogens with zero attached hydrogens (tertiary/aromatic N) is 3. The third kappa shape index (κ3) is 3.78. The number of aromatic amines is 2. The van der Waals surface area contributed by atoms with Crippen LogP contribution in [-0.4, -0.2) is 38.2 Å². The lowest BCUT2D eigenvalue weighted by atomic mass is 9.95. The van der Waals surface area contributed by atoms with Gasteiger partial charge in [-0.25, -0.2) is 5.10 Å². The summed E-state index contributed by atoms with van der Waals surface area (Å²) in [6.45, 7) is 2.13. The summed E-state index contributed by atoms with van der Waals surface area (Å²) in [4.78, 5) is 22.6. The van der Waals surface area contributed by atoms with E-state index in [-0.39, 0.29) is 11.6 Å². The summed E-state index contributed by atoms with van der Waals surface area (Å²) < 4.78 is 0. The topological polar surface area (TPSA) is 77.7 Å². The maximum Gasteiger partial charge on any atom is 0.267 e. The van der Waals surface area contributed by atoms with Crippen molar-refractivity contribution in [3.8, 4) is 11.3 Å². The average Bonchev–Trinajstić information content (AvgIpc) is 3.28. The van der Waals surface area contributed by atoms with Gasteiger partial charge in [-0.05, 0) is 73.6 Å². The zero-order valence-corrected chi connectivity index (χ0v) is 16.8. The fourth-order valence-electron chi connectivity index (χ4n) is 4.44. The van der Waals surface area contributed by atoms with Gasteiger partial charge in [-0.3, -0.25) is 14.7 Å². The van der Waals surface area contributed by atoms with Crippen molar-refractivity contribution in [2.45, 2.75) is 31.7 Å². The minimum absolute atomic E-state index is 0.115. The molecule has 1 fully saturated rings. The molecule has 6 nitrogen and oxygen atoms in total. The van der Waals surface area contributed by atoms with Crippen LogP contribution in [0.3, 0.4) is 0 Å². The lowest BCUT2D eigenvalue weighted by Crippen LogP contribution is -2.36. The number of fused-ring (bicyclic) bond motifs is 1. The average molecular weight is 399 g/mol. The number of aromatic nitrogens is 4. The van der Waals surface area contributed by atoms with Gasteiger partial charge in [-0.15, -0.1) is 0 Å². The zero-order chi connectivity index (χ0) is 20.3. The van der Waals surface area contributed by atoms with Crippen molar-refractivity contribution in [3.05, 3.63) is 82.5 Å².